The van der Waals surface area contributed by atoms with Crippen molar-refractivity contribution in [2.45, 2.75) is 51.0 Å². The quantitative estimate of drug-likeness (QED) is 0.634. The molecule has 2 aliphatic rings. The fourth-order valence-electron chi connectivity index (χ4n) is 2.27. The van der Waals surface area contributed by atoms with E-state index in [4.69, 9.17) is 0 Å². The van der Waals surface area contributed by atoms with Crippen LogP contribution in [0, 0.1) is 5.92 Å². The van der Waals surface area contributed by atoms with E-state index < -0.39 is 0 Å². The van der Waals surface area contributed by atoms with E-state index in [0.29, 0.717) is 0 Å². The van der Waals surface area contributed by atoms with Gasteiger partial charge in [-0.1, -0.05) is 6.42 Å². The SMILES string of the molecule is C1CCC(CCCNCC2CC2)NC1. The molecule has 0 aromatic carbocycles. The summed E-state index contributed by atoms with van der Waals surface area (Å²) in [4.78, 5) is 0. The molecule has 1 unspecified atom stereocenters. The van der Waals surface area contributed by atoms with Crippen molar-refractivity contribution in [2.75, 3.05) is 19.6 Å². The van der Waals surface area contributed by atoms with Gasteiger partial charge in [0.2, 0.25) is 0 Å². The van der Waals surface area contributed by atoms with Gasteiger partial charge in [-0.15, -0.1) is 0 Å². The summed E-state index contributed by atoms with van der Waals surface area (Å²) < 4.78 is 0. The van der Waals surface area contributed by atoms with Crippen molar-refractivity contribution in [2.24, 2.45) is 5.92 Å². The highest BCUT2D eigenvalue weighted by molar-refractivity contribution is 4.76. The van der Waals surface area contributed by atoms with E-state index in [1.807, 2.05) is 0 Å². The van der Waals surface area contributed by atoms with Gasteiger partial charge >= 0.3 is 0 Å². The van der Waals surface area contributed by atoms with E-state index in [9.17, 15) is 0 Å². The fraction of sp³-hybridized carbons (Fsp3) is 1.00. The standard InChI is InChI=1S/C12H24N2/c1-2-9-14-12(4-1)5-3-8-13-10-11-6-7-11/h11-14H,1-10H2. The van der Waals surface area contributed by atoms with Crippen LogP contribution in [0.5, 0.6) is 0 Å². The van der Waals surface area contributed by atoms with Crippen LogP contribution in [-0.4, -0.2) is 25.7 Å². The van der Waals surface area contributed by atoms with Gasteiger partial charge in [0.15, 0.2) is 0 Å². The lowest BCUT2D eigenvalue weighted by molar-refractivity contribution is 0.372. The Hall–Kier alpha value is -0.0800. The third-order valence-electron chi connectivity index (χ3n) is 3.45. The molecule has 2 nitrogen and oxygen atoms in total. The van der Waals surface area contributed by atoms with Gasteiger partial charge in [0, 0.05) is 6.04 Å². The summed E-state index contributed by atoms with van der Waals surface area (Å²) in [6.07, 6.45) is 9.89. The van der Waals surface area contributed by atoms with Crippen molar-refractivity contribution in [1.29, 1.82) is 0 Å². The van der Waals surface area contributed by atoms with Crippen molar-refractivity contribution in [3.05, 3.63) is 0 Å². The summed E-state index contributed by atoms with van der Waals surface area (Å²) >= 11 is 0. The highest BCUT2D eigenvalue weighted by atomic mass is 14.9. The minimum absolute atomic E-state index is 0.825. The van der Waals surface area contributed by atoms with Crippen LogP contribution >= 0.6 is 0 Å². The summed E-state index contributed by atoms with van der Waals surface area (Å²) in [6, 6.07) is 0.825. The van der Waals surface area contributed by atoms with Gasteiger partial charge in [0.05, 0.1) is 0 Å². The van der Waals surface area contributed by atoms with Gasteiger partial charge in [-0.2, -0.15) is 0 Å². The minimum Gasteiger partial charge on any atom is -0.316 e. The van der Waals surface area contributed by atoms with Crippen molar-refractivity contribution < 1.29 is 0 Å². The summed E-state index contributed by atoms with van der Waals surface area (Å²) in [5.41, 5.74) is 0. The maximum Gasteiger partial charge on any atom is 0.00675 e. The van der Waals surface area contributed by atoms with Gasteiger partial charge in [-0.3, -0.25) is 0 Å². The lowest BCUT2D eigenvalue weighted by atomic mass is 10.0. The molecule has 2 fully saturated rings. The van der Waals surface area contributed by atoms with E-state index in [1.165, 1.54) is 64.6 Å². The first-order chi connectivity index (χ1) is 6.95. The zero-order valence-corrected chi connectivity index (χ0v) is 9.23. The summed E-state index contributed by atoms with van der Waals surface area (Å²) in [7, 11) is 0. The Morgan fingerprint density at radius 2 is 2.07 bits per heavy atom. The van der Waals surface area contributed by atoms with Gasteiger partial charge in [-0.05, 0) is 64.1 Å². The maximum absolute atomic E-state index is 3.60. The zero-order chi connectivity index (χ0) is 9.64. The molecule has 1 saturated heterocycles. The molecule has 1 atom stereocenters. The van der Waals surface area contributed by atoms with Gasteiger partial charge in [0.1, 0.15) is 0 Å². The molecule has 2 heteroatoms. The second-order valence-electron chi connectivity index (χ2n) is 4.94. The topological polar surface area (TPSA) is 24.1 Å². The van der Waals surface area contributed by atoms with E-state index >= 15 is 0 Å². The molecular weight excluding hydrogens is 172 g/mol. The predicted octanol–water partition coefficient (Wildman–Crippen LogP) is 1.91. The first kappa shape index (κ1) is 10.4. The lowest BCUT2D eigenvalue weighted by Gasteiger charge is -2.23. The van der Waals surface area contributed by atoms with Crippen molar-refractivity contribution in [3.63, 3.8) is 0 Å². The number of rotatable bonds is 6. The number of hydrogen-bond donors (Lipinski definition) is 2. The van der Waals surface area contributed by atoms with Crippen LogP contribution in [-0.2, 0) is 0 Å². The van der Waals surface area contributed by atoms with Gasteiger partial charge < -0.3 is 10.6 Å². The van der Waals surface area contributed by atoms with Crippen molar-refractivity contribution in [3.8, 4) is 0 Å². The summed E-state index contributed by atoms with van der Waals surface area (Å²) in [5.74, 6) is 1.03. The molecule has 2 N–H and O–H groups in total. The van der Waals surface area contributed by atoms with Crippen LogP contribution in [0.25, 0.3) is 0 Å². The molecule has 82 valence electrons. The third-order valence-corrected chi connectivity index (χ3v) is 3.45. The first-order valence-corrected chi connectivity index (χ1v) is 6.39. The molecule has 2 rings (SSSR count). The Labute approximate surface area is 87.8 Å². The molecule has 1 aliphatic heterocycles. The average molecular weight is 196 g/mol. The van der Waals surface area contributed by atoms with E-state index in [1.54, 1.807) is 0 Å². The summed E-state index contributed by atoms with van der Waals surface area (Å²) in [5, 5.41) is 7.16. The molecule has 1 aliphatic carbocycles. The largest absolute Gasteiger partial charge is 0.316 e. The Bertz CT molecular complexity index is 148. The van der Waals surface area contributed by atoms with Crippen LogP contribution in [0.15, 0.2) is 0 Å². The van der Waals surface area contributed by atoms with Gasteiger partial charge in [-0.25, -0.2) is 0 Å². The molecule has 1 heterocycles. The Kier molecular flexibility index (Phi) is 4.26. The second-order valence-corrected chi connectivity index (χ2v) is 4.94. The predicted molar refractivity (Wildman–Crippen MR) is 60.5 cm³/mol. The van der Waals surface area contributed by atoms with Crippen LogP contribution in [0.4, 0.5) is 0 Å². The Morgan fingerprint density at radius 1 is 1.14 bits per heavy atom. The van der Waals surface area contributed by atoms with Crippen LogP contribution in [0.3, 0.4) is 0 Å². The number of piperidine rings is 1. The Balaban J connectivity index is 1.41. The zero-order valence-electron chi connectivity index (χ0n) is 9.23. The summed E-state index contributed by atoms with van der Waals surface area (Å²) in [6.45, 7) is 3.76. The van der Waals surface area contributed by atoms with E-state index in [-0.39, 0.29) is 0 Å². The highest BCUT2D eigenvalue weighted by Crippen LogP contribution is 2.27. The molecule has 0 spiro atoms. The smallest absolute Gasteiger partial charge is 0.00675 e. The van der Waals surface area contributed by atoms with E-state index in [0.717, 1.165) is 12.0 Å². The molecule has 1 saturated carbocycles. The first-order valence-electron chi connectivity index (χ1n) is 6.39. The molecule has 0 aromatic heterocycles. The number of nitrogens with one attached hydrogen (secondary N) is 2. The lowest BCUT2D eigenvalue weighted by Crippen LogP contribution is -2.34. The minimum atomic E-state index is 0.825. The second kappa shape index (κ2) is 5.72. The van der Waals surface area contributed by atoms with Crippen LogP contribution in [0.2, 0.25) is 0 Å². The third kappa shape index (κ3) is 3.97. The maximum atomic E-state index is 3.60. The van der Waals surface area contributed by atoms with Crippen molar-refractivity contribution >= 4 is 0 Å². The normalized spacial score (nSPS) is 27.9. The molecule has 14 heavy (non-hydrogen) atoms. The van der Waals surface area contributed by atoms with Crippen LogP contribution in [0.1, 0.15) is 44.9 Å². The molecular formula is C12H24N2. The monoisotopic (exact) mass is 196 g/mol. The average Bonchev–Trinajstić information content (AvgIpc) is 3.03. The fourth-order valence-corrected chi connectivity index (χ4v) is 2.27. The van der Waals surface area contributed by atoms with E-state index in [2.05, 4.69) is 10.6 Å². The molecule has 0 radical (unpaired) electrons. The molecule has 0 amide bonds. The molecule has 0 aromatic rings. The number of hydrogen-bond acceptors (Lipinski definition) is 2. The Morgan fingerprint density at radius 3 is 2.79 bits per heavy atom. The van der Waals surface area contributed by atoms with Crippen molar-refractivity contribution in [1.82, 2.24) is 10.6 Å². The van der Waals surface area contributed by atoms with Crippen LogP contribution < -0.4 is 10.6 Å². The van der Waals surface area contributed by atoms with Gasteiger partial charge in [0.25, 0.3) is 0 Å². The molecule has 0 bridgehead atoms. The highest BCUT2D eigenvalue weighted by Gasteiger charge is 2.20.